The Labute approximate surface area is 296 Å². The van der Waals surface area contributed by atoms with Crippen molar-refractivity contribution in [3.8, 4) is 17.2 Å². The highest BCUT2D eigenvalue weighted by Crippen LogP contribution is 2.40. The Morgan fingerprint density at radius 3 is 1.04 bits per heavy atom. The number of carbonyl (C=O) groups excluding carboxylic acids is 2. The van der Waals surface area contributed by atoms with Crippen LogP contribution in [0.15, 0.2) is 36.4 Å². The number of carbonyl (C=O) groups is 2. The zero-order chi connectivity index (χ0) is 36.9. The van der Waals surface area contributed by atoms with Crippen molar-refractivity contribution < 1.29 is 24.9 Å². The summed E-state index contributed by atoms with van der Waals surface area (Å²) in [4.78, 5) is 26.7. The van der Waals surface area contributed by atoms with Gasteiger partial charge in [-0.3, -0.25) is 9.59 Å². The smallest absolute Gasteiger partial charge is 0.166 e. The molecule has 268 valence electrons. The van der Waals surface area contributed by atoms with Gasteiger partial charge in [0.1, 0.15) is 17.2 Å². The normalized spacial score (nSPS) is 12.4. The van der Waals surface area contributed by atoms with Crippen LogP contribution in [0.5, 0.6) is 17.2 Å². The zero-order valence-electron chi connectivity index (χ0n) is 32.2. The molecular formula is C44H62O5. The molecule has 0 aliphatic carbocycles. The summed E-state index contributed by atoms with van der Waals surface area (Å²) in [7, 11) is 0. The molecule has 5 heteroatoms. The van der Waals surface area contributed by atoms with Crippen LogP contribution in [0.3, 0.4) is 0 Å². The van der Waals surface area contributed by atoms with E-state index >= 15 is 0 Å². The van der Waals surface area contributed by atoms with Crippen molar-refractivity contribution in [1.29, 1.82) is 0 Å². The molecule has 0 spiro atoms. The number of hydrogen-bond acceptors (Lipinski definition) is 5. The Hall–Kier alpha value is -3.60. The largest absolute Gasteiger partial charge is 0.507 e. The van der Waals surface area contributed by atoms with Gasteiger partial charge in [0.25, 0.3) is 0 Å². The first-order chi connectivity index (χ1) is 22.7. The summed E-state index contributed by atoms with van der Waals surface area (Å²) in [5.74, 6) is -0.112. The molecule has 3 aromatic carbocycles. The molecule has 0 aliphatic heterocycles. The highest BCUT2D eigenvalue weighted by molar-refractivity contribution is 6.00. The molecule has 0 heterocycles. The first-order valence-corrected chi connectivity index (χ1v) is 18.3. The molecule has 0 atom stereocenters. The maximum absolute atomic E-state index is 13.4. The van der Waals surface area contributed by atoms with Crippen LogP contribution in [0, 0.1) is 0 Å². The predicted molar refractivity (Wildman–Crippen MR) is 203 cm³/mol. The van der Waals surface area contributed by atoms with Crippen LogP contribution in [-0.2, 0) is 29.1 Å². The van der Waals surface area contributed by atoms with Gasteiger partial charge in [0.2, 0.25) is 0 Å². The maximum atomic E-state index is 13.4. The summed E-state index contributed by atoms with van der Waals surface area (Å²) in [5, 5.41) is 34.9. The van der Waals surface area contributed by atoms with Crippen molar-refractivity contribution in [2.75, 3.05) is 0 Å². The first kappa shape index (κ1) is 39.8. The summed E-state index contributed by atoms with van der Waals surface area (Å²) in [6.07, 6.45) is 6.68. The first-order valence-electron chi connectivity index (χ1n) is 18.3. The van der Waals surface area contributed by atoms with Gasteiger partial charge in [0.15, 0.2) is 11.6 Å². The van der Waals surface area contributed by atoms with Gasteiger partial charge in [-0.2, -0.15) is 0 Å². The van der Waals surface area contributed by atoms with Crippen LogP contribution < -0.4 is 0 Å². The Balaban J connectivity index is 2.20. The molecule has 0 bridgehead atoms. The molecule has 0 amide bonds. The van der Waals surface area contributed by atoms with Crippen LogP contribution in [-0.4, -0.2) is 26.9 Å². The highest BCUT2D eigenvalue weighted by Gasteiger charge is 2.26. The highest BCUT2D eigenvalue weighted by atomic mass is 16.3. The van der Waals surface area contributed by atoms with Crippen molar-refractivity contribution in [3.63, 3.8) is 0 Å². The standard InChI is InChI=1S/C44H62O5/c1-12-14-16-18-37(45)35-26-33(43(6,7)8)24-30(40(35)48)20-28-22-32(42(3,4)5)23-29(39(28)47)21-31-25-34(44(9,10)11)27-36(41(31)49)38(46)19-17-15-13-2/h22-27,47-49H,12-21H2,1-11H3. The summed E-state index contributed by atoms with van der Waals surface area (Å²) < 4.78 is 0. The van der Waals surface area contributed by atoms with E-state index in [1.165, 1.54) is 0 Å². The summed E-state index contributed by atoms with van der Waals surface area (Å²) in [6.45, 7) is 23.1. The SMILES string of the molecule is CCCCCC(=O)c1cc(C(C)(C)C)cc(Cc2cc(C(C)(C)C)cc(Cc3cc(C(C)(C)C)cc(C(=O)CCCCC)c3O)c2O)c1O. The molecule has 0 unspecified atom stereocenters. The second-order valence-electron chi connectivity index (χ2n) is 17.1. The van der Waals surface area contributed by atoms with Crippen molar-refractivity contribution in [2.24, 2.45) is 0 Å². The van der Waals surface area contributed by atoms with E-state index in [1.54, 1.807) is 0 Å². The second kappa shape index (κ2) is 16.0. The number of benzene rings is 3. The third kappa shape index (κ3) is 10.2. The summed E-state index contributed by atoms with van der Waals surface area (Å²) >= 11 is 0. The number of rotatable bonds is 14. The van der Waals surface area contributed by atoms with Crippen molar-refractivity contribution >= 4 is 11.6 Å². The van der Waals surface area contributed by atoms with Crippen LogP contribution in [0.1, 0.15) is 187 Å². The van der Waals surface area contributed by atoms with Gasteiger partial charge in [0, 0.05) is 25.7 Å². The number of aromatic hydroxyl groups is 3. The Kier molecular flexibility index (Phi) is 13.0. The van der Waals surface area contributed by atoms with E-state index in [0.29, 0.717) is 46.2 Å². The van der Waals surface area contributed by atoms with E-state index in [1.807, 2.05) is 36.4 Å². The number of phenols is 3. The van der Waals surface area contributed by atoms with Crippen LogP contribution in [0.4, 0.5) is 0 Å². The fraction of sp³-hybridized carbons (Fsp3) is 0.545. The Morgan fingerprint density at radius 2 is 0.755 bits per heavy atom. The molecule has 0 aliphatic rings. The Bertz CT molecular complexity index is 1530. The molecule has 0 radical (unpaired) electrons. The van der Waals surface area contributed by atoms with E-state index in [2.05, 4.69) is 76.2 Å². The number of phenolic OH excluding ortho intramolecular Hbond substituents is 3. The molecule has 49 heavy (non-hydrogen) atoms. The average Bonchev–Trinajstić information content (AvgIpc) is 2.99. The van der Waals surface area contributed by atoms with Crippen molar-refractivity contribution in [2.45, 2.75) is 157 Å². The monoisotopic (exact) mass is 670 g/mol. The van der Waals surface area contributed by atoms with Crippen LogP contribution in [0.25, 0.3) is 0 Å². The van der Waals surface area contributed by atoms with Gasteiger partial charge in [-0.15, -0.1) is 0 Å². The third-order valence-corrected chi connectivity index (χ3v) is 9.62. The molecule has 0 fully saturated rings. The molecule has 3 aromatic rings. The molecule has 5 nitrogen and oxygen atoms in total. The molecule has 0 saturated carbocycles. The minimum absolute atomic E-state index is 0.0293. The fourth-order valence-electron chi connectivity index (χ4n) is 6.16. The molecule has 3 rings (SSSR count). The number of ketones is 2. The molecule has 0 aromatic heterocycles. The predicted octanol–water partition coefficient (Wildman–Crippen LogP) is 11.4. The third-order valence-electron chi connectivity index (χ3n) is 9.62. The zero-order valence-corrected chi connectivity index (χ0v) is 32.2. The molecule has 3 N–H and O–H groups in total. The lowest BCUT2D eigenvalue weighted by Crippen LogP contribution is -2.15. The summed E-state index contributed by atoms with van der Waals surface area (Å²) in [6, 6.07) is 11.5. The summed E-state index contributed by atoms with van der Waals surface area (Å²) in [5.41, 5.74) is 5.25. The quantitative estimate of drug-likeness (QED) is 0.117. The van der Waals surface area contributed by atoms with E-state index in [0.717, 1.165) is 55.2 Å². The van der Waals surface area contributed by atoms with E-state index in [-0.39, 0.29) is 57.9 Å². The minimum Gasteiger partial charge on any atom is -0.507 e. The lowest BCUT2D eigenvalue weighted by atomic mass is 9.80. The van der Waals surface area contributed by atoms with Crippen LogP contribution in [0.2, 0.25) is 0 Å². The van der Waals surface area contributed by atoms with Gasteiger partial charge in [0.05, 0.1) is 11.1 Å². The number of hydrogen-bond donors (Lipinski definition) is 3. The van der Waals surface area contributed by atoms with Crippen LogP contribution >= 0.6 is 0 Å². The molecule has 0 saturated heterocycles. The van der Waals surface area contributed by atoms with E-state index in [9.17, 15) is 24.9 Å². The van der Waals surface area contributed by atoms with Crippen molar-refractivity contribution in [1.82, 2.24) is 0 Å². The molecular weight excluding hydrogens is 608 g/mol. The minimum atomic E-state index is -0.261. The lowest BCUT2D eigenvalue weighted by molar-refractivity contribution is 0.0968. The van der Waals surface area contributed by atoms with Gasteiger partial charge in [-0.25, -0.2) is 0 Å². The van der Waals surface area contributed by atoms with E-state index < -0.39 is 0 Å². The van der Waals surface area contributed by atoms with Crippen molar-refractivity contribution in [3.05, 3.63) is 86.5 Å². The van der Waals surface area contributed by atoms with Gasteiger partial charge >= 0.3 is 0 Å². The number of Topliss-reactive ketones (excluding diaryl/α,β-unsaturated/α-hetero) is 2. The van der Waals surface area contributed by atoms with E-state index in [4.69, 9.17) is 0 Å². The number of unbranched alkanes of at least 4 members (excludes halogenated alkanes) is 4. The lowest BCUT2D eigenvalue weighted by Gasteiger charge is -2.25. The maximum Gasteiger partial charge on any atom is 0.166 e. The Morgan fingerprint density at radius 1 is 0.469 bits per heavy atom. The second-order valence-corrected chi connectivity index (χ2v) is 17.1. The topological polar surface area (TPSA) is 94.8 Å². The fourth-order valence-corrected chi connectivity index (χ4v) is 6.16. The van der Waals surface area contributed by atoms with Gasteiger partial charge in [-0.05, 0) is 80.2 Å². The van der Waals surface area contributed by atoms with Gasteiger partial charge in [-0.1, -0.05) is 126 Å². The average molecular weight is 671 g/mol. The van der Waals surface area contributed by atoms with Gasteiger partial charge < -0.3 is 15.3 Å².